The number of amides is 2. The molecule has 0 saturated carbocycles. The fourth-order valence-electron chi connectivity index (χ4n) is 2.44. The molecule has 1 aromatic heterocycles. The third kappa shape index (κ3) is 3.85. The van der Waals surface area contributed by atoms with E-state index in [2.05, 4.69) is 20.3 Å². The minimum absolute atomic E-state index is 0.0195. The molecule has 9 heteroatoms. The van der Waals surface area contributed by atoms with Gasteiger partial charge in [0.2, 0.25) is 23.6 Å². The molecule has 0 aromatic carbocycles. The van der Waals surface area contributed by atoms with Crippen molar-refractivity contribution in [1.82, 2.24) is 25.2 Å². The lowest BCUT2D eigenvalue weighted by Gasteiger charge is -2.35. The Morgan fingerprint density at radius 2 is 2.09 bits per heavy atom. The van der Waals surface area contributed by atoms with Gasteiger partial charge in [0.05, 0.1) is 0 Å². The van der Waals surface area contributed by atoms with Crippen LogP contribution in [0.2, 0.25) is 0 Å². The van der Waals surface area contributed by atoms with Gasteiger partial charge in [-0.2, -0.15) is 15.0 Å². The first-order valence-electron chi connectivity index (χ1n) is 7.57. The average molecular weight is 321 g/mol. The zero-order valence-electron chi connectivity index (χ0n) is 13.9. The number of nitrogens with one attached hydrogen (secondary N) is 1. The van der Waals surface area contributed by atoms with Gasteiger partial charge in [0.1, 0.15) is 6.04 Å². The maximum atomic E-state index is 12.8. The highest BCUT2D eigenvalue weighted by Crippen LogP contribution is 2.17. The maximum Gasteiger partial charge on any atom is 0.292 e. The number of hydrogen-bond acceptors (Lipinski definition) is 7. The van der Waals surface area contributed by atoms with E-state index in [1.807, 2.05) is 13.8 Å². The standard InChI is InChI=1S/C14H23N7O2/c1-8(2)7-9-11(22)16-5-6-21(9)12(23)10-17-13(15)19-14(18-10)20(3)4/h8-9H,5-7H2,1-4H3,(H,16,22)(H2,15,17,18,19). The van der Waals surface area contributed by atoms with E-state index in [1.54, 1.807) is 19.0 Å². The van der Waals surface area contributed by atoms with E-state index in [1.165, 1.54) is 4.90 Å². The van der Waals surface area contributed by atoms with Crippen molar-refractivity contribution in [2.24, 2.45) is 5.92 Å². The van der Waals surface area contributed by atoms with Gasteiger partial charge in [-0.15, -0.1) is 0 Å². The van der Waals surface area contributed by atoms with Gasteiger partial charge in [-0.1, -0.05) is 13.8 Å². The molecule has 1 aliphatic rings. The van der Waals surface area contributed by atoms with E-state index in [0.717, 1.165) is 0 Å². The summed E-state index contributed by atoms with van der Waals surface area (Å²) in [4.78, 5) is 40.1. The summed E-state index contributed by atoms with van der Waals surface area (Å²) < 4.78 is 0. The van der Waals surface area contributed by atoms with Gasteiger partial charge in [-0.3, -0.25) is 9.59 Å². The molecule has 1 unspecified atom stereocenters. The minimum atomic E-state index is -0.517. The van der Waals surface area contributed by atoms with Crippen LogP contribution in [0.4, 0.5) is 11.9 Å². The number of carbonyl (C=O) groups is 2. The summed E-state index contributed by atoms with van der Waals surface area (Å²) in [7, 11) is 3.50. The van der Waals surface area contributed by atoms with E-state index in [-0.39, 0.29) is 23.6 Å². The van der Waals surface area contributed by atoms with Gasteiger partial charge in [0.25, 0.3) is 5.91 Å². The van der Waals surface area contributed by atoms with Crippen LogP contribution in [0.1, 0.15) is 30.9 Å². The normalized spacial score (nSPS) is 18.0. The largest absolute Gasteiger partial charge is 0.368 e. The summed E-state index contributed by atoms with van der Waals surface area (Å²) in [6.45, 7) is 4.86. The number of piperazine rings is 1. The van der Waals surface area contributed by atoms with Crippen molar-refractivity contribution in [3.05, 3.63) is 5.82 Å². The molecule has 3 N–H and O–H groups in total. The van der Waals surface area contributed by atoms with Crippen LogP contribution in [-0.2, 0) is 4.79 Å². The van der Waals surface area contributed by atoms with Crippen molar-refractivity contribution in [3.63, 3.8) is 0 Å². The van der Waals surface area contributed by atoms with Crippen LogP contribution >= 0.6 is 0 Å². The Morgan fingerprint density at radius 3 is 2.70 bits per heavy atom. The van der Waals surface area contributed by atoms with Gasteiger partial charge in [-0.25, -0.2) is 0 Å². The Bertz CT molecular complexity index is 603. The second kappa shape index (κ2) is 6.76. The van der Waals surface area contributed by atoms with Gasteiger partial charge >= 0.3 is 0 Å². The zero-order valence-corrected chi connectivity index (χ0v) is 13.9. The number of nitrogens with zero attached hydrogens (tertiary/aromatic N) is 5. The molecule has 1 aromatic rings. The zero-order chi connectivity index (χ0) is 17.1. The number of anilines is 2. The molecule has 1 atom stereocenters. The molecule has 1 aliphatic heterocycles. The number of hydrogen-bond donors (Lipinski definition) is 2. The molecule has 126 valence electrons. The lowest BCUT2D eigenvalue weighted by molar-refractivity contribution is -0.128. The molecular formula is C14H23N7O2. The highest BCUT2D eigenvalue weighted by Gasteiger charge is 2.35. The summed E-state index contributed by atoms with van der Waals surface area (Å²) in [5, 5.41) is 2.80. The molecule has 1 saturated heterocycles. The predicted octanol–water partition coefficient (Wildman–Crippen LogP) is -0.493. The topological polar surface area (TPSA) is 117 Å². The lowest BCUT2D eigenvalue weighted by atomic mass is 10.00. The van der Waals surface area contributed by atoms with E-state index < -0.39 is 11.9 Å². The third-order valence-corrected chi connectivity index (χ3v) is 3.52. The van der Waals surface area contributed by atoms with Crippen molar-refractivity contribution < 1.29 is 9.59 Å². The van der Waals surface area contributed by atoms with Gasteiger partial charge in [-0.05, 0) is 12.3 Å². The Morgan fingerprint density at radius 1 is 1.39 bits per heavy atom. The maximum absolute atomic E-state index is 12.8. The number of nitrogens with two attached hydrogens (primary N) is 1. The summed E-state index contributed by atoms with van der Waals surface area (Å²) >= 11 is 0. The molecule has 1 fully saturated rings. The smallest absolute Gasteiger partial charge is 0.292 e. The van der Waals surface area contributed by atoms with Crippen LogP contribution in [0.5, 0.6) is 0 Å². The second-order valence-corrected chi connectivity index (χ2v) is 6.15. The molecule has 0 aliphatic carbocycles. The highest BCUT2D eigenvalue weighted by molar-refractivity contribution is 5.96. The van der Waals surface area contributed by atoms with Crippen LogP contribution < -0.4 is 16.0 Å². The van der Waals surface area contributed by atoms with E-state index >= 15 is 0 Å². The number of rotatable bonds is 4. The average Bonchev–Trinajstić information content (AvgIpc) is 2.47. The monoisotopic (exact) mass is 321 g/mol. The Hall–Kier alpha value is -2.45. The van der Waals surface area contributed by atoms with Crippen LogP contribution in [0.25, 0.3) is 0 Å². The van der Waals surface area contributed by atoms with Crippen molar-refractivity contribution >= 4 is 23.7 Å². The van der Waals surface area contributed by atoms with Crippen LogP contribution in [0.3, 0.4) is 0 Å². The first-order valence-corrected chi connectivity index (χ1v) is 7.57. The molecule has 0 radical (unpaired) electrons. The van der Waals surface area contributed by atoms with Gasteiger partial charge in [0, 0.05) is 27.2 Å². The molecule has 23 heavy (non-hydrogen) atoms. The van der Waals surface area contributed by atoms with E-state index in [0.29, 0.717) is 25.5 Å². The predicted molar refractivity (Wildman–Crippen MR) is 85.9 cm³/mol. The quantitative estimate of drug-likeness (QED) is 0.768. The molecule has 0 bridgehead atoms. The number of carbonyl (C=O) groups excluding carboxylic acids is 2. The number of aromatic nitrogens is 3. The first kappa shape index (κ1) is 16.9. The summed E-state index contributed by atoms with van der Waals surface area (Å²) in [6, 6.07) is -0.517. The second-order valence-electron chi connectivity index (χ2n) is 6.15. The highest BCUT2D eigenvalue weighted by atomic mass is 16.2. The molecule has 2 amide bonds. The third-order valence-electron chi connectivity index (χ3n) is 3.52. The van der Waals surface area contributed by atoms with E-state index in [4.69, 9.17) is 5.73 Å². The summed E-state index contributed by atoms with van der Waals surface area (Å²) in [5.41, 5.74) is 5.67. The summed E-state index contributed by atoms with van der Waals surface area (Å²) in [6.07, 6.45) is 0.582. The Kier molecular flexibility index (Phi) is 4.97. The van der Waals surface area contributed by atoms with Crippen molar-refractivity contribution in [2.75, 3.05) is 37.8 Å². The SMILES string of the molecule is CC(C)CC1C(=O)NCCN1C(=O)c1nc(N)nc(N(C)C)n1. The van der Waals surface area contributed by atoms with Gasteiger partial charge in [0.15, 0.2) is 0 Å². The van der Waals surface area contributed by atoms with Crippen molar-refractivity contribution in [1.29, 1.82) is 0 Å². The van der Waals surface area contributed by atoms with E-state index in [9.17, 15) is 9.59 Å². The van der Waals surface area contributed by atoms with Crippen molar-refractivity contribution in [2.45, 2.75) is 26.3 Å². The van der Waals surface area contributed by atoms with Crippen molar-refractivity contribution in [3.8, 4) is 0 Å². The Labute approximate surface area is 135 Å². The number of nitrogen functional groups attached to an aromatic ring is 1. The molecule has 2 heterocycles. The first-order chi connectivity index (χ1) is 10.8. The van der Waals surface area contributed by atoms with Crippen LogP contribution in [-0.4, -0.2) is 64.9 Å². The molecular weight excluding hydrogens is 298 g/mol. The van der Waals surface area contributed by atoms with Crippen LogP contribution in [0.15, 0.2) is 0 Å². The molecule has 9 nitrogen and oxygen atoms in total. The molecule has 0 spiro atoms. The molecule has 2 rings (SSSR count). The summed E-state index contributed by atoms with van der Waals surface area (Å²) in [5.74, 6) is -0.0166. The van der Waals surface area contributed by atoms with Crippen LogP contribution in [0, 0.1) is 5.92 Å². The Balaban J connectivity index is 2.31. The minimum Gasteiger partial charge on any atom is -0.368 e. The fraction of sp³-hybridized carbons (Fsp3) is 0.643. The fourth-order valence-corrected chi connectivity index (χ4v) is 2.44. The van der Waals surface area contributed by atoms with Gasteiger partial charge < -0.3 is 20.9 Å². The lowest BCUT2D eigenvalue weighted by Crippen LogP contribution is -2.57.